The molecule has 1 amide bonds. The Balaban J connectivity index is 1.91. The highest BCUT2D eigenvalue weighted by molar-refractivity contribution is 7.10. The average molecular weight is 300 g/mol. The standard InChI is InChI=1S/C15H12N2O3S/c18-14(10-4-1-3-9-6-7-16-12(9)10)17-13(15(19)20)11-5-2-8-21-11/h1-8,13,16H,(H,17,18)(H,19,20). The summed E-state index contributed by atoms with van der Waals surface area (Å²) in [4.78, 5) is 27.3. The third kappa shape index (κ3) is 2.53. The van der Waals surface area contributed by atoms with E-state index >= 15 is 0 Å². The van der Waals surface area contributed by atoms with Crippen molar-refractivity contribution in [2.24, 2.45) is 0 Å². The molecule has 3 aromatic rings. The minimum Gasteiger partial charge on any atom is -0.479 e. The van der Waals surface area contributed by atoms with Crippen LogP contribution in [-0.2, 0) is 4.79 Å². The van der Waals surface area contributed by atoms with Crippen molar-refractivity contribution >= 4 is 34.1 Å². The number of amides is 1. The largest absolute Gasteiger partial charge is 0.479 e. The van der Waals surface area contributed by atoms with E-state index in [0.29, 0.717) is 16.0 Å². The Kier molecular flexibility index (Phi) is 3.45. The smallest absolute Gasteiger partial charge is 0.331 e. The number of aliphatic carboxylic acids is 1. The van der Waals surface area contributed by atoms with Crippen LogP contribution in [0.3, 0.4) is 0 Å². The summed E-state index contributed by atoms with van der Waals surface area (Å²) < 4.78 is 0. The van der Waals surface area contributed by atoms with E-state index in [-0.39, 0.29) is 0 Å². The molecule has 0 fully saturated rings. The van der Waals surface area contributed by atoms with Crippen molar-refractivity contribution in [3.8, 4) is 0 Å². The van der Waals surface area contributed by atoms with Gasteiger partial charge in [-0.2, -0.15) is 0 Å². The van der Waals surface area contributed by atoms with E-state index in [1.807, 2.05) is 12.1 Å². The van der Waals surface area contributed by atoms with Gasteiger partial charge in [0.05, 0.1) is 11.1 Å². The molecule has 2 heterocycles. The van der Waals surface area contributed by atoms with Crippen LogP contribution in [0.15, 0.2) is 48.0 Å². The number of carboxylic acids is 1. The molecular weight excluding hydrogens is 288 g/mol. The first-order valence-electron chi connectivity index (χ1n) is 6.30. The van der Waals surface area contributed by atoms with Gasteiger partial charge in [-0.15, -0.1) is 11.3 Å². The number of thiophene rings is 1. The maximum absolute atomic E-state index is 12.4. The molecule has 0 spiro atoms. The number of rotatable bonds is 4. The summed E-state index contributed by atoms with van der Waals surface area (Å²) in [7, 11) is 0. The second-order valence-electron chi connectivity index (χ2n) is 4.51. The van der Waals surface area contributed by atoms with E-state index in [0.717, 1.165) is 5.39 Å². The first kappa shape index (κ1) is 13.4. The SMILES string of the molecule is O=C(NC(C(=O)O)c1cccs1)c1cccc2cc[nH]c12. The van der Waals surface area contributed by atoms with Crippen LogP contribution in [-0.4, -0.2) is 22.0 Å². The van der Waals surface area contributed by atoms with Crippen molar-refractivity contribution in [3.05, 3.63) is 58.4 Å². The van der Waals surface area contributed by atoms with E-state index in [9.17, 15) is 14.7 Å². The lowest BCUT2D eigenvalue weighted by Gasteiger charge is -2.13. The third-order valence-corrected chi connectivity index (χ3v) is 4.12. The summed E-state index contributed by atoms with van der Waals surface area (Å²) >= 11 is 1.30. The molecule has 1 unspecified atom stereocenters. The average Bonchev–Trinajstić information content (AvgIpc) is 3.14. The van der Waals surface area contributed by atoms with Gasteiger partial charge >= 0.3 is 5.97 Å². The van der Waals surface area contributed by atoms with E-state index < -0.39 is 17.9 Å². The van der Waals surface area contributed by atoms with Crippen LogP contribution in [0.25, 0.3) is 10.9 Å². The van der Waals surface area contributed by atoms with Crippen LogP contribution in [0.2, 0.25) is 0 Å². The van der Waals surface area contributed by atoms with E-state index in [4.69, 9.17) is 0 Å². The molecule has 3 rings (SSSR count). The van der Waals surface area contributed by atoms with Gasteiger partial charge < -0.3 is 15.4 Å². The molecule has 106 valence electrons. The van der Waals surface area contributed by atoms with Crippen molar-refractivity contribution in [2.45, 2.75) is 6.04 Å². The summed E-state index contributed by atoms with van der Waals surface area (Å²) in [6, 6.07) is 9.60. The molecule has 0 aliphatic heterocycles. The molecule has 0 saturated carbocycles. The summed E-state index contributed by atoms with van der Waals surface area (Å²) in [5, 5.41) is 14.6. The van der Waals surface area contributed by atoms with Gasteiger partial charge in [0.15, 0.2) is 6.04 Å². The fourth-order valence-corrected chi connectivity index (χ4v) is 2.96. The molecule has 5 nitrogen and oxygen atoms in total. The lowest BCUT2D eigenvalue weighted by Crippen LogP contribution is -2.33. The summed E-state index contributed by atoms with van der Waals surface area (Å²) in [5.41, 5.74) is 1.13. The zero-order valence-corrected chi connectivity index (χ0v) is 11.7. The Morgan fingerprint density at radius 3 is 2.76 bits per heavy atom. The number of aromatic nitrogens is 1. The molecule has 3 N–H and O–H groups in total. The number of para-hydroxylation sites is 1. The van der Waals surface area contributed by atoms with Crippen LogP contribution in [0.4, 0.5) is 0 Å². The van der Waals surface area contributed by atoms with E-state index in [1.165, 1.54) is 11.3 Å². The van der Waals surface area contributed by atoms with E-state index in [2.05, 4.69) is 10.3 Å². The van der Waals surface area contributed by atoms with Crippen LogP contribution >= 0.6 is 11.3 Å². The minimum atomic E-state index is -1.08. The molecule has 1 atom stereocenters. The topological polar surface area (TPSA) is 82.2 Å². The Morgan fingerprint density at radius 1 is 1.19 bits per heavy atom. The van der Waals surface area contributed by atoms with Crippen molar-refractivity contribution < 1.29 is 14.7 Å². The van der Waals surface area contributed by atoms with Gasteiger partial charge in [0.2, 0.25) is 0 Å². The number of carboxylic acid groups (broad SMARTS) is 1. The van der Waals surface area contributed by atoms with Crippen molar-refractivity contribution in [1.29, 1.82) is 0 Å². The highest BCUT2D eigenvalue weighted by Gasteiger charge is 2.24. The highest BCUT2D eigenvalue weighted by atomic mass is 32.1. The number of hydrogen-bond donors (Lipinski definition) is 3. The van der Waals surface area contributed by atoms with Crippen LogP contribution in [0, 0.1) is 0 Å². The van der Waals surface area contributed by atoms with Crippen molar-refractivity contribution in [2.75, 3.05) is 0 Å². The monoisotopic (exact) mass is 300 g/mol. The lowest BCUT2D eigenvalue weighted by atomic mass is 10.1. The lowest BCUT2D eigenvalue weighted by molar-refractivity contribution is -0.139. The van der Waals surface area contributed by atoms with Crippen LogP contribution in [0.1, 0.15) is 21.3 Å². The van der Waals surface area contributed by atoms with E-state index in [1.54, 1.807) is 35.8 Å². The van der Waals surface area contributed by atoms with Crippen LogP contribution in [0.5, 0.6) is 0 Å². The van der Waals surface area contributed by atoms with Gasteiger partial charge in [0.1, 0.15) is 0 Å². The molecule has 21 heavy (non-hydrogen) atoms. The number of aromatic amines is 1. The predicted octanol–water partition coefficient (Wildman–Crippen LogP) is 2.79. The Bertz CT molecular complexity index is 792. The number of carbonyl (C=O) groups excluding carboxylic acids is 1. The Morgan fingerprint density at radius 2 is 2.05 bits per heavy atom. The number of nitrogens with one attached hydrogen (secondary N) is 2. The van der Waals surface area contributed by atoms with Gasteiger partial charge in [-0.05, 0) is 23.6 Å². The quantitative estimate of drug-likeness (QED) is 0.693. The molecule has 0 bridgehead atoms. The summed E-state index contributed by atoms with van der Waals surface area (Å²) in [6.07, 6.45) is 1.75. The molecule has 0 aliphatic carbocycles. The zero-order valence-electron chi connectivity index (χ0n) is 10.9. The highest BCUT2D eigenvalue weighted by Crippen LogP contribution is 2.21. The fourth-order valence-electron chi connectivity index (χ4n) is 2.19. The fraction of sp³-hybridized carbons (Fsp3) is 0.0667. The first-order valence-corrected chi connectivity index (χ1v) is 7.18. The zero-order chi connectivity index (χ0) is 14.8. The van der Waals surface area contributed by atoms with Gasteiger partial charge in [0.25, 0.3) is 5.91 Å². The summed E-state index contributed by atoms with van der Waals surface area (Å²) in [6.45, 7) is 0. The number of H-pyrrole nitrogens is 1. The maximum atomic E-state index is 12.4. The predicted molar refractivity (Wildman–Crippen MR) is 80.5 cm³/mol. The Hall–Kier alpha value is -2.60. The first-order chi connectivity index (χ1) is 10.2. The Labute approximate surface area is 124 Å². The molecule has 6 heteroatoms. The number of fused-ring (bicyclic) bond motifs is 1. The second-order valence-corrected chi connectivity index (χ2v) is 5.49. The minimum absolute atomic E-state index is 0.413. The number of hydrogen-bond acceptors (Lipinski definition) is 3. The molecule has 1 aromatic carbocycles. The van der Waals surface area contributed by atoms with Gasteiger partial charge in [-0.3, -0.25) is 4.79 Å². The maximum Gasteiger partial charge on any atom is 0.331 e. The van der Waals surface area contributed by atoms with Gasteiger partial charge in [0, 0.05) is 16.5 Å². The second kappa shape index (κ2) is 5.41. The normalized spacial score (nSPS) is 12.2. The van der Waals surface area contributed by atoms with Gasteiger partial charge in [-0.1, -0.05) is 18.2 Å². The molecular formula is C15H12N2O3S. The molecule has 0 saturated heterocycles. The number of benzene rings is 1. The third-order valence-electron chi connectivity index (χ3n) is 3.18. The summed E-state index contributed by atoms with van der Waals surface area (Å²) in [5.74, 6) is -1.49. The van der Waals surface area contributed by atoms with Crippen molar-refractivity contribution in [3.63, 3.8) is 0 Å². The van der Waals surface area contributed by atoms with Gasteiger partial charge in [-0.25, -0.2) is 4.79 Å². The molecule has 0 radical (unpaired) electrons. The van der Waals surface area contributed by atoms with Crippen LogP contribution < -0.4 is 5.32 Å². The molecule has 0 aliphatic rings. The molecule has 2 aromatic heterocycles. The number of carbonyl (C=O) groups is 2. The van der Waals surface area contributed by atoms with Crippen molar-refractivity contribution in [1.82, 2.24) is 10.3 Å².